The van der Waals surface area contributed by atoms with Crippen LogP contribution < -0.4 is 16.0 Å². The SMILES string of the molecule is CCCCNCCNCCNCC1=CC(N=O)CCC(C)(C)O1. The Morgan fingerprint density at radius 1 is 1.17 bits per heavy atom. The lowest BCUT2D eigenvalue weighted by atomic mass is 10.0. The van der Waals surface area contributed by atoms with Crippen molar-refractivity contribution in [2.45, 2.75) is 58.1 Å². The van der Waals surface area contributed by atoms with Crippen LogP contribution in [0.25, 0.3) is 0 Å². The maximum atomic E-state index is 10.8. The first-order chi connectivity index (χ1) is 11.1. The summed E-state index contributed by atoms with van der Waals surface area (Å²) in [6, 6.07) is -0.263. The van der Waals surface area contributed by atoms with Gasteiger partial charge in [-0.25, -0.2) is 0 Å². The molecule has 0 spiro atoms. The average Bonchev–Trinajstić information content (AvgIpc) is 2.67. The van der Waals surface area contributed by atoms with Crippen LogP contribution in [0.1, 0.15) is 46.5 Å². The van der Waals surface area contributed by atoms with Gasteiger partial charge in [-0.15, -0.1) is 0 Å². The highest BCUT2D eigenvalue weighted by Gasteiger charge is 2.26. The molecule has 0 aromatic heterocycles. The second kappa shape index (κ2) is 11.5. The van der Waals surface area contributed by atoms with Crippen LogP contribution in [0.3, 0.4) is 0 Å². The molecule has 0 aliphatic carbocycles. The van der Waals surface area contributed by atoms with Gasteiger partial charge in [0.15, 0.2) is 0 Å². The zero-order valence-corrected chi connectivity index (χ0v) is 15.0. The van der Waals surface area contributed by atoms with Gasteiger partial charge >= 0.3 is 0 Å². The lowest BCUT2D eigenvalue weighted by Crippen LogP contribution is -2.34. The second-order valence-corrected chi connectivity index (χ2v) is 6.74. The summed E-state index contributed by atoms with van der Waals surface area (Å²) >= 11 is 0. The number of unbranched alkanes of at least 4 members (excludes halogenated alkanes) is 1. The predicted molar refractivity (Wildman–Crippen MR) is 95.6 cm³/mol. The molecule has 1 aliphatic rings. The highest BCUT2D eigenvalue weighted by atomic mass is 16.5. The third-order valence-corrected chi connectivity index (χ3v) is 3.93. The molecule has 23 heavy (non-hydrogen) atoms. The Bertz CT molecular complexity index is 359. The summed E-state index contributed by atoms with van der Waals surface area (Å²) in [6.07, 6.45) is 5.94. The van der Waals surface area contributed by atoms with Crippen molar-refractivity contribution in [3.8, 4) is 0 Å². The van der Waals surface area contributed by atoms with Crippen LogP contribution in [0, 0.1) is 4.91 Å². The van der Waals surface area contributed by atoms with Crippen LogP contribution >= 0.6 is 0 Å². The first-order valence-electron chi connectivity index (χ1n) is 8.91. The molecule has 6 nitrogen and oxygen atoms in total. The van der Waals surface area contributed by atoms with Gasteiger partial charge in [0.25, 0.3) is 0 Å². The molecule has 0 aromatic carbocycles. The maximum absolute atomic E-state index is 10.8. The van der Waals surface area contributed by atoms with E-state index >= 15 is 0 Å². The standard InChI is InChI=1S/C17H34N4O2/c1-4-5-8-18-9-10-19-11-12-20-14-16-13-15(21-22)6-7-17(2,3)23-16/h13,15,18-20H,4-12,14H2,1-3H3. The van der Waals surface area contributed by atoms with Crippen molar-refractivity contribution in [2.24, 2.45) is 5.18 Å². The van der Waals surface area contributed by atoms with Gasteiger partial charge in [-0.05, 0) is 45.7 Å². The third-order valence-electron chi connectivity index (χ3n) is 3.93. The second-order valence-electron chi connectivity index (χ2n) is 6.74. The van der Waals surface area contributed by atoms with E-state index in [1.807, 2.05) is 6.08 Å². The van der Waals surface area contributed by atoms with E-state index < -0.39 is 0 Å². The summed E-state index contributed by atoms with van der Waals surface area (Å²) < 4.78 is 5.98. The van der Waals surface area contributed by atoms with Crippen LogP contribution in [0.4, 0.5) is 0 Å². The van der Waals surface area contributed by atoms with Gasteiger partial charge in [-0.1, -0.05) is 18.5 Å². The van der Waals surface area contributed by atoms with E-state index in [0.717, 1.165) is 51.3 Å². The number of rotatable bonds is 12. The molecule has 0 aromatic rings. The van der Waals surface area contributed by atoms with Gasteiger partial charge in [0.05, 0.1) is 6.54 Å². The molecule has 6 heteroatoms. The molecule has 134 valence electrons. The molecular weight excluding hydrogens is 292 g/mol. The molecule has 0 amide bonds. The molecule has 1 heterocycles. The fourth-order valence-corrected chi connectivity index (χ4v) is 2.53. The van der Waals surface area contributed by atoms with Crippen molar-refractivity contribution < 1.29 is 4.74 Å². The first-order valence-corrected chi connectivity index (χ1v) is 8.91. The van der Waals surface area contributed by atoms with Gasteiger partial charge in [0.2, 0.25) is 0 Å². The summed E-state index contributed by atoms with van der Waals surface area (Å²) in [4.78, 5) is 10.8. The minimum Gasteiger partial charge on any atom is -0.491 e. The Hall–Kier alpha value is -0.980. The Labute approximate surface area is 140 Å². The van der Waals surface area contributed by atoms with E-state index in [0.29, 0.717) is 6.54 Å². The third kappa shape index (κ3) is 9.69. The highest BCUT2D eigenvalue weighted by Crippen LogP contribution is 2.26. The number of hydrogen-bond acceptors (Lipinski definition) is 6. The maximum Gasteiger partial charge on any atom is 0.114 e. The van der Waals surface area contributed by atoms with Crippen molar-refractivity contribution in [1.82, 2.24) is 16.0 Å². The van der Waals surface area contributed by atoms with Crippen LogP contribution in [0.15, 0.2) is 17.0 Å². The number of nitroso groups, excluding NO2 is 1. The minimum absolute atomic E-state index is 0.227. The fourth-order valence-electron chi connectivity index (χ4n) is 2.53. The molecule has 0 bridgehead atoms. The van der Waals surface area contributed by atoms with Gasteiger partial charge in [-0.2, -0.15) is 4.91 Å². The summed E-state index contributed by atoms with van der Waals surface area (Å²) in [5, 5.41) is 13.3. The quantitative estimate of drug-likeness (QED) is 0.378. The molecule has 1 aliphatic heterocycles. The normalized spacial score (nSPS) is 20.5. The van der Waals surface area contributed by atoms with Crippen molar-refractivity contribution in [3.63, 3.8) is 0 Å². The molecule has 0 radical (unpaired) electrons. The zero-order valence-electron chi connectivity index (χ0n) is 15.0. The van der Waals surface area contributed by atoms with Crippen LogP contribution in [-0.2, 0) is 4.74 Å². The van der Waals surface area contributed by atoms with E-state index in [1.54, 1.807) is 0 Å². The fraction of sp³-hybridized carbons (Fsp3) is 0.882. The summed E-state index contributed by atoms with van der Waals surface area (Å²) in [5.41, 5.74) is -0.227. The summed E-state index contributed by atoms with van der Waals surface area (Å²) in [6.45, 7) is 11.8. The van der Waals surface area contributed by atoms with Crippen molar-refractivity contribution >= 4 is 0 Å². The molecule has 1 rings (SSSR count). The molecular formula is C17H34N4O2. The van der Waals surface area contributed by atoms with E-state index in [1.165, 1.54) is 12.8 Å². The van der Waals surface area contributed by atoms with Crippen LogP contribution in [0.5, 0.6) is 0 Å². The number of ether oxygens (including phenoxy) is 1. The number of nitrogens with one attached hydrogen (secondary N) is 3. The summed E-state index contributed by atoms with van der Waals surface area (Å²) in [7, 11) is 0. The Balaban J connectivity index is 2.11. The predicted octanol–water partition coefficient (Wildman–Crippen LogP) is 2.16. The van der Waals surface area contributed by atoms with Crippen LogP contribution in [0.2, 0.25) is 0 Å². The van der Waals surface area contributed by atoms with Gasteiger partial charge in [0.1, 0.15) is 17.4 Å². The van der Waals surface area contributed by atoms with E-state index in [-0.39, 0.29) is 11.6 Å². The van der Waals surface area contributed by atoms with Crippen molar-refractivity contribution in [1.29, 1.82) is 0 Å². The Morgan fingerprint density at radius 2 is 1.83 bits per heavy atom. The largest absolute Gasteiger partial charge is 0.491 e. The molecule has 3 N–H and O–H groups in total. The number of hydrogen-bond donors (Lipinski definition) is 3. The van der Waals surface area contributed by atoms with E-state index in [4.69, 9.17) is 4.74 Å². The first kappa shape index (κ1) is 20.1. The van der Waals surface area contributed by atoms with Crippen molar-refractivity contribution in [2.75, 3.05) is 39.3 Å². The summed E-state index contributed by atoms with van der Waals surface area (Å²) in [5.74, 6) is 0.832. The van der Waals surface area contributed by atoms with Gasteiger partial charge in [-0.3, -0.25) is 0 Å². The van der Waals surface area contributed by atoms with Crippen molar-refractivity contribution in [3.05, 3.63) is 16.7 Å². The van der Waals surface area contributed by atoms with E-state index in [2.05, 4.69) is 41.9 Å². The zero-order chi connectivity index (χ0) is 17.0. The highest BCUT2D eigenvalue weighted by molar-refractivity contribution is 5.06. The molecule has 0 saturated heterocycles. The van der Waals surface area contributed by atoms with Gasteiger partial charge in [0, 0.05) is 26.2 Å². The molecule has 1 unspecified atom stereocenters. The monoisotopic (exact) mass is 326 g/mol. The Kier molecular flexibility index (Phi) is 10.1. The van der Waals surface area contributed by atoms with Gasteiger partial charge < -0.3 is 20.7 Å². The molecule has 0 saturated carbocycles. The number of nitrogens with zero attached hydrogens (tertiary/aromatic N) is 1. The van der Waals surface area contributed by atoms with Crippen LogP contribution in [-0.4, -0.2) is 50.9 Å². The lowest BCUT2D eigenvalue weighted by molar-refractivity contribution is 0.0281. The molecule has 0 fully saturated rings. The average molecular weight is 326 g/mol. The Morgan fingerprint density at radius 3 is 2.48 bits per heavy atom. The topological polar surface area (TPSA) is 74.8 Å². The minimum atomic E-state index is -0.263. The molecule has 1 atom stereocenters. The van der Waals surface area contributed by atoms with E-state index in [9.17, 15) is 4.91 Å². The lowest BCUT2D eigenvalue weighted by Gasteiger charge is -2.26. The smallest absolute Gasteiger partial charge is 0.114 e.